The molecule has 0 bridgehead atoms. The summed E-state index contributed by atoms with van der Waals surface area (Å²) in [5.74, 6) is 1.18. The number of benzene rings is 1. The van der Waals surface area contributed by atoms with Crippen LogP contribution in [0, 0.1) is 6.92 Å². The average molecular weight is 287 g/mol. The van der Waals surface area contributed by atoms with Gasteiger partial charge in [0.05, 0.1) is 30.2 Å². The lowest BCUT2D eigenvalue weighted by Gasteiger charge is -2.23. The maximum Gasteiger partial charge on any atom is 0.0972 e. The number of aryl methyl sites for hydroxylation is 1. The monoisotopic (exact) mass is 287 g/mol. The molecule has 3 heteroatoms. The Morgan fingerprint density at radius 3 is 2.80 bits per heavy atom. The van der Waals surface area contributed by atoms with Crippen LogP contribution in [0.15, 0.2) is 35.4 Å². The molecule has 2 heterocycles. The molecule has 0 aliphatic carbocycles. The first-order valence-electron chi connectivity index (χ1n) is 7.66. The highest BCUT2D eigenvalue weighted by Crippen LogP contribution is 2.23. The Kier molecular flexibility index (Phi) is 4.58. The van der Waals surface area contributed by atoms with Gasteiger partial charge >= 0.3 is 0 Å². The van der Waals surface area contributed by atoms with Crippen molar-refractivity contribution in [1.29, 1.82) is 0 Å². The minimum atomic E-state index is 1.13. The fourth-order valence-electron chi connectivity index (χ4n) is 2.99. The first kappa shape index (κ1) is 13.9. The zero-order valence-corrected chi connectivity index (χ0v) is 13.0. The van der Waals surface area contributed by atoms with Crippen LogP contribution in [0.5, 0.6) is 0 Å². The Bertz CT molecular complexity index is 576. The number of fused-ring (bicyclic) bond motifs is 1. The predicted octanol–water partition coefficient (Wildman–Crippen LogP) is 2.70. The second-order valence-electron chi connectivity index (χ2n) is 5.70. The third kappa shape index (κ3) is 3.33. The van der Waals surface area contributed by atoms with E-state index in [9.17, 15) is 0 Å². The third-order valence-corrected chi connectivity index (χ3v) is 5.08. The average Bonchev–Trinajstić information content (AvgIpc) is 2.48. The van der Waals surface area contributed by atoms with Gasteiger partial charge in [-0.05, 0) is 43.9 Å². The molecule has 0 spiro atoms. The summed E-state index contributed by atoms with van der Waals surface area (Å²) >= 11 is 1.91. The van der Waals surface area contributed by atoms with E-state index in [4.69, 9.17) is 4.98 Å². The van der Waals surface area contributed by atoms with Crippen molar-refractivity contribution < 1.29 is 4.90 Å². The van der Waals surface area contributed by atoms with Crippen LogP contribution in [0.25, 0.3) is 10.9 Å². The SMILES string of the molecule is Cc1cc(SCC[NH+]2CCCCC2)nc2ccccc12. The molecule has 0 radical (unpaired) electrons. The summed E-state index contributed by atoms with van der Waals surface area (Å²) in [6.45, 7) is 6.19. The highest BCUT2D eigenvalue weighted by Gasteiger charge is 2.13. The van der Waals surface area contributed by atoms with E-state index in [0.29, 0.717) is 0 Å². The van der Waals surface area contributed by atoms with Crippen LogP contribution in [0.2, 0.25) is 0 Å². The van der Waals surface area contributed by atoms with Gasteiger partial charge in [-0.15, -0.1) is 11.8 Å². The first-order chi connectivity index (χ1) is 9.83. The highest BCUT2D eigenvalue weighted by atomic mass is 32.2. The number of likely N-dealkylation sites (tertiary alicyclic amines) is 1. The zero-order valence-electron chi connectivity index (χ0n) is 12.2. The van der Waals surface area contributed by atoms with Crippen molar-refractivity contribution in [3.05, 3.63) is 35.9 Å². The molecule has 20 heavy (non-hydrogen) atoms. The molecular formula is C17H23N2S+. The normalized spacial score (nSPS) is 16.6. The minimum Gasteiger partial charge on any atom is -0.334 e. The largest absolute Gasteiger partial charge is 0.334 e. The summed E-state index contributed by atoms with van der Waals surface area (Å²) < 4.78 is 0. The zero-order chi connectivity index (χ0) is 13.8. The molecule has 2 nitrogen and oxygen atoms in total. The quantitative estimate of drug-likeness (QED) is 0.871. The molecule has 1 N–H and O–H groups in total. The lowest BCUT2D eigenvalue weighted by Crippen LogP contribution is -3.13. The minimum absolute atomic E-state index is 1.13. The van der Waals surface area contributed by atoms with Gasteiger partial charge in [0, 0.05) is 11.1 Å². The third-order valence-electron chi connectivity index (χ3n) is 4.17. The van der Waals surface area contributed by atoms with Gasteiger partial charge in [-0.3, -0.25) is 0 Å². The Labute approximate surface area is 125 Å². The summed E-state index contributed by atoms with van der Waals surface area (Å²) in [6, 6.07) is 10.7. The van der Waals surface area contributed by atoms with E-state index < -0.39 is 0 Å². The summed E-state index contributed by atoms with van der Waals surface area (Å²) in [5.41, 5.74) is 2.46. The number of nitrogens with zero attached hydrogens (tertiary/aromatic N) is 1. The van der Waals surface area contributed by atoms with Crippen molar-refractivity contribution in [2.75, 3.05) is 25.4 Å². The van der Waals surface area contributed by atoms with Crippen LogP contribution in [-0.4, -0.2) is 30.4 Å². The van der Waals surface area contributed by atoms with Crippen molar-refractivity contribution in [1.82, 2.24) is 4.98 Å². The molecule has 1 fully saturated rings. The van der Waals surface area contributed by atoms with E-state index in [-0.39, 0.29) is 0 Å². The van der Waals surface area contributed by atoms with E-state index in [1.165, 1.54) is 60.6 Å². The number of hydrogen-bond donors (Lipinski definition) is 1. The van der Waals surface area contributed by atoms with E-state index in [1.54, 1.807) is 4.90 Å². The Morgan fingerprint density at radius 2 is 1.95 bits per heavy atom. The fraction of sp³-hybridized carbons (Fsp3) is 0.471. The maximum atomic E-state index is 4.77. The van der Waals surface area contributed by atoms with Crippen molar-refractivity contribution in [2.24, 2.45) is 0 Å². The number of aromatic nitrogens is 1. The van der Waals surface area contributed by atoms with E-state index >= 15 is 0 Å². The molecule has 3 rings (SSSR count). The highest BCUT2D eigenvalue weighted by molar-refractivity contribution is 7.99. The molecule has 106 valence electrons. The maximum absolute atomic E-state index is 4.77. The van der Waals surface area contributed by atoms with Crippen molar-refractivity contribution >= 4 is 22.7 Å². The topological polar surface area (TPSA) is 17.3 Å². The number of nitrogens with one attached hydrogen (secondary N) is 1. The second-order valence-corrected chi connectivity index (χ2v) is 6.82. The number of rotatable bonds is 4. The van der Waals surface area contributed by atoms with Crippen LogP contribution in [-0.2, 0) is 0 Å². The number of thioether (sulfide) groups is 1. The summed E-state index contributed by atoms with van der Waals surface area (Å²) in [6.07, 6.45) is 4.25. The predicted molar refractivity (Wildman–Crippen MR) is 86.6 cm³/mol. The number of piperidine rings is 1. The van der Waals surface area contributed by atoms with Crippen molar-refractivity contribution in [2.45, 2.75) is 31.2 Å². The lowest BCUT2D eigenvalue weighted by atomic mass is 10.1. The van der Waals surface area contributed by atoms with Crippen LogP contribution >= 0.6 is 11.8 Å². The van der Waals surface area contributed by atoms with Gasteiger partial charge in [-0.1, -0.05) is 18.2 Å². The van der Waals surface area contributed by atoms with Crippen LogP contribution in [0.1, 0.15) is 24.8 Å². The van der Waals surface area contributed by atoms with E-state index in [2.05, 4.69) is 37.3 Å². The molecule has 1 aliphatic heterocycles. The van der Waals surface area contributed by atoms with Gasteiger partial charge < -0.3 is 4.90 Å². The molecule has 2 aromatic rings. The van der Waals surface area contributed by atoms with Crippen molar-refractivity contribution in [3.8, 4) is 0 Å². The van der Waals surface area contributed by atoms with E-state index in [0.717, 1.165) is 5.52 Å². The van der Waals surface area contributed by atoms with Gasteiger partial charge in [-0.2, -0.15) is 0 Å². The molecule has 1 aromatic carbocycles. The molecule has 1 saturated heterocycles. The van der Waals surface area contributed by atoms with Crippen molar-refractivity contribution in [3.63, 3.8) is 0 Å². The molecular weight excluding hydrogens is 264 g/mol. The summed E-state index contributed by atoms with van der Waals surface area (Å²) in [7, 11) is 0. The number of hydrogen-bond acceptors (Lipinski definition) is 2. The number of pyridine rings is 1. The molecule has 1 aromatic heterocycles. The van der Waals surface area contributed by atoms with Crippen LogP contribution < -0.4 is 4.90 Å². The molecule has 0 unspecified atom stereocenters. The Hall–Kier alpha value is -1.06. The number of para-hydroxylation sites is 1. The smallest absolute Gasteiger partial charge is 0.0972 e. The van der Waals surface area contributed by atoms with E-state index in [1.807, 2.05) is 11.8 Å². The van der Waals surface area contributed by atoms with Crippen LogP contribution in [0.4, 0.5) is 0 Å². The summed E-state index contributed by atoms with van der Waals surface area (Å²) in [5, 5.41) is 2.45. The van der Waals surface area contributed by atoms with Crippen LogP contribution in [0.3, 0.4) is 0 Å². The van der Waals surface area contributed by atoms with Gasteiger partial charge in [0.25, 0.3) is 0 Å². The van der Waals surface area contributed by atoms with Gasteiger partial charge in [0.1, 0.15) is 0 Å². The second kappa shape index (κ2) is 6.59. The Balaban J connectivity index is 1.62. The Morgan fingerprint density at radius 1 is 1.15 bits per heavy atom. The van der Waals surface area contributed by atoms with Gasteiger partial charge in [0.2, 0.25) is 0 Å². The fourth-order valence-corrected chi connectivity index (χ4v) is 4.02. The molecule has 0 atom stereocenters. The van der Waals surface area contributed by atoms with Gasteiger partial charge in [-0.25, -0.2) is 4.98 Å². The molecule has 1 aliphatic rings. The molecule has 0 amide bonds. The first-order valence-corrected chi connectivity index (χ1v) is 8.64. The van der Waals surface area contributed by atoms with Gasteiger partial charge in [0.15, 0.2) is 0 Å². The number of quaternary nitrogens is 1. The molecule has 0 saturated carbocycles. The standard InChI is InChI=1S/C17H22N2S/c1-14-13-17(18-16-8-4-3-7-15(14)16)20-12-11-19-9-5-2-6-10-19/h3-4,7-8,13H,2,5-6,9-12H2,1H3/p+1. The lowest BCUT2D eigenvalue weighted by molar-refractivity contribution is -0.902. The summed E-state index contributed by atoms with van der Waals surface area (Å²) in [4.78, 5) is 6.55.